The third kappa shape index (κ3) is 34.4. The van der Waals surface area contributed by atoms with Crippen LogP contribution in [0.3, 0.4) is 0 Å². The minimum Gasteiger partial charge on any atom is -0.394 e. The zero-order chi connectivity index (χ0) is 45.9. The van der Waals surface area contributed by atoms with Crippen molar-refractivity contribution in [3.8, 4) is 0 Å². The van der Waals surface area contributed by atoms with Crippen LogP contribution in [0.4, 0.5) is 0 Å². The number of unbranched alkanes of at least 4 members (excludes halogenated alkanes) is 31. The maximum absolute atomic E-state index is 12.8. The number of rotatable bonds is 45. The van der Waals surface area contributed by atoms with E-state index < -0.39 is 49.5 Å². The predicted octanol–water partition coefficient (Wildman–Crippen LogP) is 12.4. The molecule has 0 aromatic rings. The van der Waals surface area contributed by atoms with Crippen molar-refractivity contribution in [3.05, 3.63) is 36.5 Å². The van der Waals surface area contributed by atoms with Crippen LogP contribution in [-0.4, -0.2) is 87.5 Å². The Morgan fingerprint density at radius 1 is 0.524 bits per heavy atom. The molecule has 1 heterocycles. The summed E-state index contributed by atoms with van der Waals surface area (Å²) in [5.74, 6) is -0.198. The van der Waals surface area contributed by atoms with E-state index in [0.29, 0.717) is 6.42 Å². The smallest absolute Gasteiger partial charge is 0.220 e. The molecule has 1 rings (SSSR count). The van der Waals surface area contributed by atoms with Gasteiger partial charge in [-0.15, -0.1) is 0 Å². The van der Waals surface area contributed by atoms with E-state index in [1.807, 2.05) is 6.08 Å². The summed E-state index contributed by atoms with van der Waals surface area (Å²) in [6, 6.07) is -0.823. The van der Waals surface area contributed by atoms with Crippen LogP contribution < -0.4 is 5.32 Å². The molecule has 0 aromatic heterocycles. The molecular weight excluding hydrogens is 791 g/mol. The summed E-state index contributed by atoms with van der Waals surface area (Å²) in [6.07, 6.45) is 49.8. The fourth-order valence-corrected chi connectivity index (χ4v) is 8.42. The molecule has 1 fully saturated rings. The second-order valence-corrected chi connectivity index (χ2v) is 18.7. The molecule has 63 heavy (non-hydrogen) atoms. The van der Waals surface area contributed by atoms with E-state index >= 15 is 0 Å². The van der Waals surface area contributed by atoms with Crippen LogP contribution in [0, 0.1) is 0 Å². The van der Waals surface area contributed by atoms with Gasteiger partial charge in [-0.2, -0.15) is 0 Å². The largest absolute Gasteiger partial charge is 0.394 e. The van der Waals surface area contributed by atoms with Gasteiger partial charge in [-0.25, -0.2) is 0 Å². The SMILES string of the molecule is CCCCCCCCCCCCCCCCCCCCCCCCC/C=C/CC/C=C/CC/C=C/C(O)C(COC1OC(CO)C(O)C(O)C1O)NC(=O)CCCCCCCCC. The Morgan fingerprint density at radius 3 is 1.33 bits per heavy atom. The molecule has 1 saturated heterocycles. The lowest BCUT2D eigenvalue weighted by Crippen LogP contribution is -2.60. The normalized spacial score (nSPS) is 20.4. The third-order valence-corrected chi connectivity index (χ3v) is 12.7. The number of amides is 1. The first-order chi connectivity index (χ1) is 30.8. The molecule has 6 N–H and O–H groups in total. The molecule has 7 unspecified atom stereocenters. The van der Waals surface area contributed by atoms with Crippen LogP contribution in [0.15, 0.2) is 36.5 Å². The highest BCUT2D eigenvalue weighted by atomic mass is 16.7. The van der Waals surface area contributed by atoms with Gasteiger partial charge in [-0.05, 0) is 44.9 Å². The van der Waals surface area contributed by atoms with Crippen molar-refractivity contribution in [1.82, 2.24) is 5.32 Å². The molecule has 0 bridgehead atoms. The van der Waals surface area contributed by atoms with Crippen molar-refractivity contribution >= 4 is 5.91 Å². The van der Waals surface area contributed by atoms with Crippen molar-refractivity contribution in [1.29, 1.82) is 0 Å². The number of allylic oxidation sites excluding steroid dienone is 5. The van der Waals surface area contributed by atoms with Gasteiger partial charge in [0.05, 0.1) is 25.4 Å². The molecule has 9 heteroatoms. The van der Waals surface area contributed by atoms with Gasteiger partial charge in [0.25, 0.3) is 0 Å². The fourth-order valence-electron chi connectivity index (χ4n) is 8.42. The van der Waals surface area contributed by atoms with Crippen molar-refractivity contribution in [3.63, 3.8) is 0 Å². The maximum atomic E-state index is 12.8. The number of carbonyl (C=O) groups is 1. The summed E-state index contributed by atoms with van der Waals surface area (Å²) in [6.45, 7) is 3.71. The number of nitrogens with one attached hydrogen (secondary N) is 1. The van der Waals surface area contributed by atoms with E-state index in [2.05, 4.69) is 43.5 Å². The predicted molar refractivity (Wildman–Crippen MR) is 263 cm³/mol. The lowest BCUT2D eigenvalue weighted by Gasteiger charge is -2.40. The molecule has 1 aliphatic heterocycles. The van der Waals surface area contributed by atoms with Crippen LogP contribution in [0.5, 0.6) is 0 Å². The average Bonchev–Trinajstić information content (AvgIpc) is 3.28. The highest BCUT2D eigenvalue weighted by molar-refractivity contribution is 5.76. The van der Waals surface area contributed by atoms with Gasteiger partial charge < -0.3 is 40.3 Å². The van der Waals surface area contributed by atoms with Crippen LogP contribution in [-0.2, 0) is 14.3 Å². The minimum atomic E-state index is -1.57. The molecular formula is C54H101NO8. The summed E-state index contributed by atoms with van der Waals surface area (Å²) < 4.78 is 11.2. The fraction of sp³-hybridized carbons (Fsp3) is 0.870. The van der Waals surface area contributed by atoms with Gasteiger partial charge >= 0.3 is 0 Å². The zero-order valence-corrected chi connectivity index (χ0v) is 40.8. The molecule has 0 saturated carbocycles. The lowest BCUT2D eigenvalue weighted by atomic mass is 9.99. The highest BCUT2D eigenvalue weighted by Crippen LogP contribution is 2.23. The Morgan fingerprint density at radius 2 is 0.905 bits per heavy atom. The monoisotopic (exact) mass is 892 g/mol. The summed E-state index contributed by atoms with van der Waals surface area (Å²) in [4.78, 5) is 12.8. The first-order valence-electron chi connectivity index (χ1n) is 26.7. The number of carbonyl (C=O) groups excluding carboxylic acids is 1. The number of aliphatic hydroxyl groups excluding tert-OH is 5. The van der Waals surface area contributed by atoms with Gasteiger partial charge in [0, 0.05) is 6.42 Å². The van der Waals surface area contributed by atoms with Crippen molar-refractivity contribution < 1.29 is 39.8 Å². The standard InChI is InChI=1S/C54H101NO8/c1-3-5-7-9-11-12-13-14-15-16-17-18-19-20-21-22-23-24-25-26-27-28-29-30-31-32-33-34-35-36-38-39-41-43-48(57)47(55-50(58)44-42-40-37-10-8-6-4-2)46-62-54-53(61)52(60)51(59)49(45-56)63-54/h31-32,35-36,41,43,47-49,51-54,56-57,59-61H,3-30,33-34,37-40,42,44-46H2,1-2H3,(H,55,58)/b32-31+,36-35+,43-41+. The maximum Gasteiger partial charge on any atom is 0.220 e. The van der Waals surface area contributed by atoms with Crippen LogP contribution >= 0.6 is 0 Å². The number of ether oxygens (including phenoxy) is 2. The van der Waals surface area contributed by atoms with E-state index in [4.69, 9.17) is 9.47 Å². The quantitative estimate of drug-likeness (QED) is 0.0261. The number of hydrogen-bond donors (Lipinski definition) is 6. The second-order valence-electron chi connectivity index (χ2n) is 18.7. The van der Waals surface area contributed by atoms with E-state index in [1.54, 1.807) is 6.08 Å². The first-order valence-corrected chi connectivity index (χ1v) is 26.7. The van der Waals surface area contributed by atoms with Crippen molar-refractivity contribution in [2.24, 2.45) is 0 Å². The van der Waals surface area contributed by atoms with Crippen LogP contribution in [0.25, 0.3) is 0 Å². The van der Waals surface area contributed by atoms with Gasteiger partial charge in [0.1, 0.15) is 24.4 Å². The molecule has 1 amide bonds. The topological polar surface area (TPSA) is 149 Å². The Kier molecular flexibility index (Phi) is 41.7. The van der Waals surface area contributed by atoms with Gasteiger partial charge in [0.2, 0.25) is 5.91 Å². The second kappa shape index (κ2) is 44.3. The molecule has 0 aromatic carbocycles. The van der Waals surface area contributed by atoms with E-state index in [9.17, 15) is 30.3 Å². The average molecular weight is 892 g/mol. The van der Waals surface area contributed by atoms with Crippen molar-refractivity contribution in [2.45, 2.75) is 288 Å². The Balaban J connectivity index is 2.12. The Labute approximate surface area is 387 Å². The molecule has 9 nitrogen and oxygen atoms in total. The summed E-state index contributed by atoms with van der Waals surface area (Å²) in [7, 11) is 0. The van der Waals surface area contributed by atoms with Crippen molar-refractivity contribution in [2.75, 3.05) is 13.2 Å². The summed E-state index contributed by atoms with van der Waals surface area (Å²) >= 11 is 0. The number of hydrogen-bond acceptors (Lipinski definition) is 8. The molecule has 0 aliphatic carbocycles. The minimum absolute atomic E-state index is 0.198. The highest BCUT2D eigenvalue weighted by Gasteiger charge is 2.44. The number of aliphatic hydroxyl groups is 5. The zero-order valence-electron chi connectivity index (χ0n) is 40.8. The summed E-state index contributed by atoms with van der Waals surface area (Å²) in [5.41, 5.74) is 0. The van der Waals surface area contributed by atoms with Gasteiger partial charge in [-0.3, -0.25) is 4.79 Å². The van der Waals surface area contributed by atoms with E-state index in [-0.39, 0.29) is 12.5 Å². The molecule has 370 valence electrons. The molecule has 1 aliphatic rings. The lowest BCUT2D eigenvalue weighted by molar-refractivity contribution is -0.302. The van der Waals surface area contributed by atoms with Crippen LogP contribution in [0.1, 0.15) is 245 Å². The van der Waals surface area contributed by atoms with Gasteiger partial charge in [0.15, 0.2) is 6.29 Å². The summed E-state index contributed by atoms with van der Waals surface area (Å²) in [5, 5.41) is 54.0. The molecule has 7 atom stereocenters. The molecule has 0 spiro atoms. The Hall–Kier alpha value is -1.59. The van der Waals surface area contributed by atoms with E-state index in [1.165, 1.54) is 180 Å². The van der Waals surface area contributed by atoms with Gasteiger partial charge in [-0.1, -0.05) is 230 Å². The van der Waals surface area contributed by atoms with Crippen LogP contribution in [0.2, 0.25) is 0 Å². The molecule has 0 radical (unpaired) electrons. The first kappa shape index (κ1) is 59.4. The van der Waals surface area contributed by atoms with E-state index in [0.717, 1.165) is 44.9 Å². The third-order valence-electron chi connectivity index (χ3n) is 12.7. The Bertz CT molecular complexity index is 1080.